The van der Waals surface area contributed by atoms with Crippen molar-refractivity contribution in [1.82, 2.24) is 15.0 Å². The molecule has 0 spiro atoms. The molecule has 1 aromatic heterocycles. The standard InChI is InChI=1S/C19H26FN5O/c1-14(17-22-18(23-26-17)19(21)8-2-3-9-19)24-10-12-25(13-11-24)16-6-4-15(20)5-7-16/h4-7,14H,2-3,8-13,21H2,1H3. The molecule has 140 valence electrons. The van der Waals surface area contributed by atoms with E-state index in [1.54, 1.807) is 0 Å². The molecule has 1 aliphatic heterocycles. The fourth-order valence-electron chi connectivity index (χ4n) is 4.01. The summed E-state index contributed by atoms with van der Waals surface area (Å²) in [6.45, 7) is 5.66. The summed E-state index contributed by atoms with van der Waals surface area (Å²) >= 11 is 0. The van der Waals surface area contributed by atoms with Crippen molar-refractivity contribution in [3.8, 4) is 0 Å². The van der Waals surface area contributed by atoms with E-state index >= 15 is 0 Å². The minimum Gasteiger partial charge on any atom is -0.369 e. The second-order valence-corrected chi connectivity index (χ2v) is 7.49. The molecule has 2 aliphatic rings. The zero-order valence-electron chi connectivity index (χ0n) is 15.2. The minimum absolute atomic E-state index is 0.0663. The lowest BCUT2D eigenvalue weighted by Crippen LogP contribution is -2.47. The number of benzene rings is 1. The van der Waals surface area contributed by atoms with Gasteiger partial charge in [0, 0.05) is 31.9 Å². The van der Waals surface area contributed by atoms with E-state index in [4.69, 9.17) is 10.3 Å². The number of rotatable bonds is 4. The fourth-order valence-corrected chi connectivity index (χ4v) is 4.01. The van der Waals surface area contributed by atoms with Crippen molar-refractivity contribution in [2.45, 2.75) is 44.2 Å². The molecule has 7 heteroatoms. The third-order valence-corrected chi connectivity index (χ3v) is 5.79. The van der Waals surface area contributed by atoms with Crippen molar-refractivity contribution in [2.75, 3.05) is 31.1 Å². The van der Waals surface area contributed by atoms with Crippen LogP contribution in [0.1, 0.15) is 50.4 Å². The molecule has 6 nitrogen and oxygen atoms in total. The Morgan fingerprint density at radius 2 is 1.77 bits per heavy atom. The SMILES string of the molecule is CC(c1nc(C2(N)CCCC2)no1)N1CCN(c2ccc(F)cc2)CC1. The number of piperazine rings is 1. The smallest absolute Gasteiger partial charge is 0.243 e. The average Bonchev–Trinajstić information content (AvgIpc) is 3.32. The van der Waals surface area contributed by atoms with Crippen LogP contribution in [0.5, 0.6) is 0 Å². The number of nitrogens with zero attached hydrogens (tertiary/aromatic N) is 4. The van der Waals surface area contributed by atoms with E-state index in [-0.39, 0.29) is 11.9 Å². The van der Waals surface area contributed by atoms with E-state index < -0.39 is 5.54 Å². The summed E-state index contributed by atoms with van der Waals surface area (Å²) in [6.07, 6.45) is 4.11. The van der Waals surface area contributed by atoms with E-state index in [1.807, 2.05) is 12.1 Å². The maximum Gasteiger partial charge on any atom is 0.243 e. The molecule has 0 amide bonds. The van der Waals surface area contributed by atoms with E-state index in [0.717, 1.165) is 57.5 Å². The van der Waals surface area contributed by atoms with Crippen molar-refractivity contribution < 1.29 is 8.91 Å². The normalized spacial score (nSPS) is 21.9. The third kappa shape index (κ3) is 3.33. The highest BCUT2D eigenvalue weighted by molar-refractivity contribution is 5.46. The van der Waals surface area contributed by atoms with Gasteiger partial charge in [0.25, 0.3) is 0 Å². The molecule has 4 rings (SSSR count). The summed E-state index contributed by atoms with van der Waals surface area (Å²) in [4.78, 5) is 9.24. The van der Waals surface area contributed by atoms with Gasteiger partial charge in [-0.15, -0.1) is 0 Å². The summed E-state index contributed by atoms with van der Waals surface area (Å²) in [5, 5.41) is 4.17. The van der Waals surface area contributed by atoms with Gasteiger partial charge in [0.05, 0.1) is 11.6 Å². The molecule has 2 N–H and O–H groups in total. The van der Waals surface area contributed by atoms with Gasteiger partial charge < -0.3 is 15.2 Å². The van der Waals surface area contributed by atoms with Crippen molar-refractivity contribution in [1.29, 1.82) is 0 Å². The largest absolute Gasteiger partial charge is 0.369 e. The van der Waals surface area contributed by atoms with Crippen LogP contribution >= 0.6 is 0 Å². The molecule has 0 radical (unpaired) electrons. The highest BCUT2D eigenvalue weighted by atomic mass is 19.1. The van der Waals surface area contributed by atoms with Gasteiger partial charge in [-0.1, -0.05) is 18.0 Å². The number of aromatic nitrogens is 2. The molecular formula is C19H26FN5O. The molecule has 1 aliphatic carbocycles. The molecule has 26 heavy (non-hydrogen) atoms. The molecule has 1 saturated carbocycles. The number of nitrogens with two attached hydrogens (primary N) is 1. The first-order chi connectivity index (χ1) is 12.5. The Labute approximate surface area is 153 Å². The van der Waals surface area contributed by atoms with Crippen molar-refractivity contribution in [3.05, 3.63) is 41.8 Å². The van der Waals surface area contributed by atoms with Crippen LogP contribution in [0.25, 0.3) is 0 Å². The number of halogens is 1. The summed E-state index contributed by atoms with van der Waals surface area (Å²) in [7, 11) is 0. The van der Waals surface area contributed by atoms with Crippen LogP contribution in [0.15, 0.2) is 28.8 Å². The molecule has 2 fully saturated rings. The van der Waals surface area contributed by atoms with Gasteiger partial charge in [-0.25, -0.2) is 4.39 Å². The molecule has 0 bridgehead atoms. The summed E-state index contributed by atoms with van der Waals surface area (Å²) < 4.78 is 18.6. The van der Waals surface area contributed by atoms with Gasteiger partial charge in [-0.2, -0.15) is 4.98 Å². The van der Waals surface area contributed by atoms with E-state index in [9.17, 15) is 4.39 Å². The molecular weight excluding hydrogens is 333 g/mol. The number of hydrogen-bond donors (Lipinski definition) is 1. The highest BCUT2D eigenvalue weighted by Gasteiger charge is 2.37. The van der Waals surface area contributed by atoms with Crippen LogP contribution in [0.3, 0.4) is 0 Å². The summed E-state index contributed by atoms with van der Waals surface area (Å²) in [5.74, 6) is 1.10. The lowest BCUT2D eigenvalue weighted by atomic mass is 9.99. The van der Waals surface area contributed by atoms with Gasteiger partial charge in [-0.05, 0) is 44.0 Å². The van der Waals surface area contributed by atoms with Gasteiger partial charge in [0.2, 0.25) is 5.89 Å². The zero-order valence-corrected chi connectivity index (χ0v) is 15.2. The highest BCUT2D eigenvalue weighted by Crippen LogP contribution is 2.35. The summed E-state index contributed by atoms with van der Waals surface area (Å²) in [6, 6.07) is 6.75. The monoisotopic (exact) mass is 359 g/mol. The minimum atomic E-state index is -0.414. The number of anilines is 1. The van der Waals surface area contributed by atoms with Crippen LogP contribution in [0.2, 0.25) is 0 Å². The van der Waals surface area contributed by atoms with Gasteiger partial charge in [-0.3, -0.25) is 4.90 Å². The van der Waals surface area contributed by atoms with E-state index in [1.165, 1.54) is 12.1 Å². The third-order valence-electron chi connectivity index (χ3n) is 5.79. The first-order valence-corrected chi connectivity index (χ1v) is 9.43. The predicted octanol–water partition coefficient (Wildman–Crippen LogP) is 2.82. The zero-order chi connectivity index (χ0) is 18.1. The predicted molar refractivity (Wildman–Crippen MR) is 97.2 cm³/mol. The molecule has 1 atom stereocenters. The first-order valence-electron chi connectivity index (χ1n) is 9.43. The molecule has 2 heterocycles. The summed E-state index contributed by atoms with van der Waals surface area (Å²) in [5.41, 5.74) is 7.08. The first kappa shape index (κ1) is 17.4. The van der Waals surface area contributed by atoms with Gasteiger partial charge in [0.1, 0.15) is 5.82 Å². The van der Waals surface area contributed by atoms with Crippen LogP contribution in [0.4, 0.5) is 10.1 Å². The van der Waals surface area contributed by atoms with Crippen LogP contribution in [-0.4, -0.2) is 41.2 Å². The van der Waals surface area contributed by atoms with Crippen LogP contribution in [-0.2, 0) is 5.54 Å². The van der Waals surface area contributed by atoms with E-state index in [2.05, 4.69) is 26.9 Å². The Hall–Kier alpha value is -1.99. The van der Waals surface area contributed by atoms with Gasteiger partial charge >= 0.3 is 0 Å². The van der Waals surface area contributed by atoms with Crippen molar-refractivity contribution >= 4 is 5.69 Å². The second-order valence-electron chi connectivity index (χ2n) is 7.49. The Balaban J connectivity index is 1.38. The van der Waals surface area contributed by atoms with Crippen molar-refractivity contribution in [2.24, 2.45) is 5.73 Å². The Morgan fingerprint density at radius 1 is 1.12 bits per heavy atom. The van der Waals surface area contributed by atoms with Crippen molar-refractivity contribution in [3.63, 3.8) is 0 Å². The van der Waals surface area contributed by atoms with Gasteiger partial charge in [0.15, 0.2) is 5.82 Å². The number of hydrogen-bond acceptors (Lipinski definition) is 6. The maximum absolute atomic E-state index is 13.1. The molecule has 1 aromatic carbocycles. The second kappa shape index (κ2) is 6.96. The Kier molecular flexibility index (Phi) is 4.67. The lowest BCUT2D eigenvalue weighted by Gasteiger charge is -2.38. The maximum atomic E-state index is 13.1. The average molecular weight is 359 g/mol. The van der Waals surface area contributed by atoms with E-state index in [0.29, 0.717) is 11.7 Å². The lowest BCUT2D eigenvalue weighted by molar-refractivity contribution is 0.164. The molecule has 1 unspecified atom stereocenters. The molecule has 1 saturated heterocycles. The Morgan fingerprint density at radius 3 is 2.42 bits per heavy atom. The van der Waals surface area contributed by atoms with Crippen LogP contribution in [0, 0.1) is 5.82 Å². The quantitative estimate of drug-likeness (QED) is 0.905. The van der Waals surface area contributed by atoms with Crippen LogP contribution < -0.4 is 10.6 Å². The molecule has 2 aromatic rings. The Bertz CT molecular complexity index is 733. The fraction of sp³-hybridized carbons (Fsp3) is 0.579. The topological polar surface area (TPSA) is 71.4 Å².